The number of hydrogen-bond acceptors (Lipinski definition) is 5. The molecule has 1 N–H and O–H groups in total. The highest BCUT2D eigenvalue weighted by molar-refractivity contribution is 5.43. The summed E-state index contributed by atoms with van der Waals surface area (Å²) in [6.45, 7) is 7.82. The highest BCUT2D eigenvalue weighted by Crippen LogP contribution is 2.29. The molecule has 0 amide bonds. The Hall–Kier alpha value is -2.08. The summed E-state index contributed by atoms with van der Waals surface area (Å²) in [4.78, 5) is 5.02. The number of rotatable bonds is 10. The molecule has 0 radical (unpaired) electrons. The minimum atomic E-state index is 0.233. The third kappa shape index (κ3) is 6.20. The molecule has 1 fully saturated rings. The van der Waals surface area contributed by atoms with Crippen molar-refractivity contribution in [1.82, 2.24) is 9.80 Å². The predicted molar refractivity (Wildman–Crippen MR) is 117 cm³/mol. The van der Waals surface area contributed by atoms with Gasteiger partial charge in [-0.3, -0.25) is 9.80 Å². The zero-order valence-corrected chi connectivity index (χ0v) is 17.7. The van der Waals surface area contributed by atoms with E-state index in [0.717, 1.165) is 57.1 Å². The van der Waals surface area contributed by atoms with Gasteiger partial charge in [0.25, 0.3) is 0 Å². The summed E-state index contributed by atoms with van der Waals surface area (Å²) >= 11 is 0. The fraction of sp³-hybridized carbons (Fsp3) is 0.500. The van der Waals surface area contributed by atoms with Crippen LogP contribution in [0.4, 0.5) is 0 Å². The largest absolute Gasteiger partial charge is 0.493 e. The summed E-state index contributed by atoms with van der Waals surface area (Å²) < 4.78 is 11.1. The monoisotopic (exact) mass is 398 g/mol. The van der Waals surface area contributed by atoms with Crippen molar-refractivity contribution in [3.8, 4) is 11.5 Å². The van der Waals surface area contributed by atoms with Gasteiger partial charge in [-0.1, -0.05) is 36.4 Å². The van der Waals surface area contributed by atoms with E-state index in [2.05, 4.69) is 52.3 Å². The Bertz CT molecular complexity index is 738. The first-order valence-electron chi connectivity index (χ1n) is 10.6. The van der Waals surface area contributed by atoms with Crippen LogP contribution in [-0.2, 0) is 13.0 Å². The van der Waals surface area contributed by atoms with E-state index in [4.69, 9.17) is 9.47 Å². The number of hydrogen-bond donors (Lipinski definition) is 1. The summed E-state index contributed by atoms with van der Waals surface area (Å²) in [5.74, 6) is 1.58. The molecule has 0 unspecified atom stereocenters. The summed E-state index contributed by atoms with van der Waals surface area (Å²) in [5, 5.41) is 9.58. The van der Waals surface area contributed by atoms with Gasteiger partial charge in [-0.15, -0.1) is 0 Å². The van der Waals surface area contributed by atoms with Crippen molar-refractivity contribution in [3.05, 3.63) is 59.7 Å². The van der Waals surface area contributed by atoms with Gasteiger partial charge in [0, 0.05) is 45.4 Å². The average Bonchev–Trinajstić information content (AvgIpc) is 2.75. The molecule has 2 aromatic carbocycles. The third-order valence-electron chi connectivity index (χ3n) is 5.62. The van der Waals surface area contributed by atoms with Gasteiger partial charge in [0.15, 0.2) is 11.5 Å². The lowest BCUT2D eigenvalue weighted by molar-refractivity contribution is 0.0561. The van der Waals surface area contributed by atoms with E-state index in [0.29, 0.717) is 12.6 Å². The molecular weight excluding hydrogens is 364 g/mol. The second-order valence-electron chi connectivity index (χ2n) is 7.59. The van der Waals surface area contributed by atoms with E-state index >= 15 is 0 Å². The van der Waals surface area contributed by atoms with Gasteiger partial charge in [-0.05, 0) is 43.0 Å². The van der Waals surface area contributed by atoms with Crippen LogP contribution in [0, 0.1) is 0 Å². The molecule has 0 aromatic heterocycles. The standard InChI is InChI=1S/C24H34N2O3/c1-3-29-24-17-21(9-10-23(24)28-2)18-25-14-15-26(22(19-25)12-16-27)13-11-20-7-5-4-6-8-20/h4-10,17,22,27H,3,11-16,18-19H2,1-2H3/t22-/m0/s1. The lowest BCUT2D eigenvalue weighted by atomic mass is 10.1. The van der Waals surface area contributed by atoms with E-state index in [-0.39, 0.29) is 6.61 Å². The van der Waals surface area contributed by atoms with Gasteiger partial charge >= 0.3 is 0 Å². The van der Waals surface area contributed by atoms with Gasteiger partial charge in [-0.2, -0.15) is 0 Å². The Labute approximate surface area is 174 Å². The molecule has 29 heavy (non-hydrogen) atoms. The molecule has 1 saturated heterocycles. The molecule has 2 aromatic rings. The first-order chi connectivity index (χ1) is 14.2. The topological polar surface area (TPSA) is 45.2 Å². The zero-order valence-electron chi connectivity index (χ0n) is 17.7. The second kappa shape index (κ2) is 11.2. The van der Waals surface area contributed by atoms with E-state index in [1.54, 1.807) is 7.11 Å². The van der Waals surface area contributed by atoms with Crippen molar-refractivity contribution in [2.24, 2.45) is 0 Å². The average molecular weight is 399 g/mol. The summed E-state index contributed by atoms with van der Waals surface area (Å²) in [6, 6.07) is 17.2. The highest BCUT2D eigenvalue weighted by Gasteiger charge is 2.26. The molecule has 1 aliphatic rings. The van der Waals surface area contributed by atoms with Crippen LogP contribution in [0.3, 0.4) is 0 Å². The normalized spacial score (nSPS) is 18.0. The number of methoxy groups -OCH3 is 1. The molecule has 1 aliphatic heterocycles. The molecule has 158 valence electrons. The number of aliphatic hydroxyl groups is 1. The smallest absolute Gasteiger partial charge is 0.161 e. The van der Waals surface area contributed by atoms with Gasteiger partial charge in [0.05, 0.1) is 13.7 Å². The number of benzene rings is 2. The number of aliphatic hydroxyl groups excluding tert-OH is 1. The maximum atomic E-state index is 9.58. The fourth-order valence-corrected chi connectivity index (χ4v) is 4.08. The minimum Gasteiger partial charge on any atom is -0.493 e. The van der Waals surface area contributed by atoms with Crippen LogP contribution in [0.1, 0.15) is 24.5 Å². The van der Waals surface area contributed by atoms with E-state index < -0.39 is 0 Å². The Morgan fingerprint density at radius 1 is 1.03 bits per heavy atom. The summed E-state index contributed by atoms with van der Waals surface area (Å²) in [7, 11) is 1.67. The Balaban J connectivity index is 1.59. The van der Waals surface area contributed by atoms with Gasteiger partial charge < -0.3 is 14.6 Å². The van der Waals surface area contributed by atoms with Gasteiger partial charge in [0.2, 0.25) is 0 Å². The molecule has 0 saturated carbocycles. The van der Waals surface area contributed by atoms with E-state index in [1.807, 2.05) is 13.0 Å². The van der Waals surface area contributed by atoms with Crippen molar-refractivity contribution in [1.29, 1.82) is 0 Å². The van der Waals surface area contributed by atoms with E-state index in [1.165, 1.54) is 11.1 Å². The molecule has 0 spiro atoms. The van der Waals surface area contributed by atoms with Crippen LogP contribution in [0.5, 0.6) is 11.5 Å². The number of ether oxygens (including phenoxy) is 2. The quantitative estimate of drug-likeness (QED) is 0.666. The predicted octanol–water partition coefficient (Wildman–Crippen LogP) is 3.21. The minimum absolute atomic E-state index is 0.233. The number of nitrogens with zero attached hydrogens (tertiary/aromatic N) is 2. The Morgan fingerprint density at radius 3 is 2.59 bits per heavy atom. The second-order valence-corrected chi connectivity index (χ2v) is 7.59. The summed E-state index contributed by atoms with van der Waals surface area (Å²) in [6.07, 6.45) is 1.87. The maximum absolute atomic E-state index is 9.58. The van der Waals surface area contributed by atoms with Crippen LogP contribution >= 0.6 is 0 Å². The van der Waals surface area contributed by atoms with Crippen LogP contribution in [-0.4, -0.2) is 67.5 Å². The van der Waals surface area contributed by atoms with Crippen LogP contribution < -0.4 is 9.47 Å². The van der Waals surface area contributed by atoms with Crippen LogP contribution in [0.2, 0.25) is 0 Å². The first-order valence-corrected chi connectivity index (χ1v) is 10.6. The molecule has 1 atom stereocenters. The lowest BCUT2D eigenvalue weighted by Crippen LogP contribution is -2.53. The number of piperazine rings is 1. The van der Waals surface area contributed by atoms with Gasteiger partial charge in [-0.25, -0.2) is 0 Å². The van der Waals surface area contributed by atoms with Crippen molar-refractivity contribution in [2.45, 2.75) is 32.4 Å². The Kier molecular flexibility index (Phi) is 8.35. The highest BCUT2D eigenvalue weighted by atomic mass is 16.5. The van der Waals surface area contributed by atoms with Crippen LogP contribution in [0.25, 0.3) is 0 Å². The van der Waals surface area contributed by atoms with Gasteiger partial charge in [0.1, 0.15) is 0 Å². The lowest BCUT2D eigenvalue weighted by Gasteiger charge is -2.41. The van der Waals surface area contributed by atoms with Crippen molar-refractivity contribution in [2.75, 3.05) is 46.5 Å². The molecule has 3 rings (SSSR count). The molecule has 5 nitrogen and oxygen atoms in total. The summed E-state index contributed by atoms with van der Waals surface area (Å²) in [5.41, 5.74) is 2.61. The Morgan fingerprint density at radius 2 is 1.86 bits per heavy atom. The fourth-order valence-electron chi connectivity index (χ4n) is 4.08. The SMILES string of the molecule is CCOc1cc(CN2CCN(CCc3ccccc3)[C@@H](CCO)C2)ccc1OC. The van der Waals surface area contributed by atoms with Crippen LogP contribution in [0.15, 0.2) is 48.5 Å². The zero-order chi connectivity index (χ0) is 20.5. The maximum Gasteiger partial charge on any atom is 0.161 e. The van der Waals surface area contributed by atoms with E-state index in [9.17, 15) is 5.11 Å². The van der Waals surface area contributed by atoms with Crippen molar-refractivity contribution >= 4 is 0 Å². The molecule has 5 heteroatoms. The van der Waals surface area contributed by atoms with Crippen molar-refractivity contribution in [3.63, 3.8) is 0 Å². The molecular formula is C24H34N2O3. The molecule has 1 heterocycles. The molecule has 0 aliphatic carbocycles. The molecule has 0 bridgehead atoms. The van der Waals surface area contributed by atoms with Crippen molar-refractivity contribution < 1.29 is 14.6 Å². The first kappa shape index (κ1) is 21.6. The third-order valence-corrected chi connectivity index (χ3v) is 5.62.